The van der Waals surface area contributed by atoms with Gasteiger partial charge in [-0.2, -0.15) is 31.3 Å². The van der Waals surface area contributed by atoms with E-state index in [1.54, 1.807) is 0 Å². The van der Waals surface area contributed by atoms with Gasteiger partial charge in [0.05, 0.1) is 16.7 Å². The molecule has 10 heteroatoms. The molecule has 28 heavy (non-hydrogen) atoms. The first-order valence-electron chi connectivity index (χ1n) is 8.18. The van der Waals surface area contributed by atoms with Crippen LogP contribution in [0.2, 0.25) is 0 Å². The lowest BCUT2D eigenvalue weighted by molar-refractivity contribution is -0.138. The van der Waals surface area contributed by atoms with Gasteiger partial charge in [-0.3, -0.25) is 4.79 Å². The molecule has 0 unspecified atom stereocenters. The third kappa shape index (κ3) is 4.60. The first-order chi connectivity index (χ1) is 12.9. The fourth-order valence-electron chi connectivity index (χ4n) is 2.56. The quantitative estimate of drug-likeness (QED) is 0.674. The summed E-state index contributed by atoms with van der Waals surface area (Å²) in [5, 5.41) is 0. The van der Waals surface area contributed by atoms with E-state index in [0.717, 1.165) is 29.7 Å². The van der Waals surface area contributed by atoms with Crippen LogP contribution in [0.15, 0.2) is 41.5 Å². The van der Waals surface area contributed by atoms with Crippen LogP contribution in [-0.2, 0) is 18.9 Å². The van der Waals surface area contributed by atoms with Crippen molar-refractivity contribution in [1.29, 1.82) is 0 Å². The van der Waals surface area contributed by atoms with Crippen LogP contribution in [0.1, 0.15) is 34.3 Å². The van der Waals surface area contributed by atoms with Crippen LogP contribution in [-0.4, -0.2) is 10.5 Å². The topological polar surface area (TPSA) is 34.4 Å². The van der Waals surface area contributed by atoms with Crippen LogP contribution in [0.3, 0.4) is 0 Å². The second-order valence-corrected chi connectivity index (χ2v) is 6.48. The summed E-state index contributed by atoms with van der Waals surface area (Å²) in [6.07, 6.45) is -7.01. The highest BCUT2D eigenvalue weighted by Gasteiger charge is 2.33. The van der Waals surface area contributed by atoms with Crippen molar-refractivity contribution in [2.75, 3.05) is 0 Å². The standard InChI is InChI=1S/C18H13F7N2O/c19-14-5-3-11(17(20,21)22)7-13(14)16(28)26-15-6-4-12(18(23,24)25)9-27(15)8-10-1-2-10/h3-7,9-10H,1-2,8H2. The first kappa shape index (κ1) is 20.1. The second-order valence-electron chi connectivity index (χ2n) is 6.48. The van der Waals surface area contributed by atoms with Crippen LogP contribution in [0.5, 0.6) is 0 Å². The van der Waals surface area contributed by atoms with Gasteiger partial charge in [-0.25, -0.2) is 4.39 Å². The first-order valence-corrected chi connectivity index (χ1v) is 8.18. The molecule has 0 spiro atoms. The molecular formula is C18H13F7N2O. The number of aromatic nitrogens is 1. The lowest BCUT2D eigenvalue weighted by Crippen LogP contribution is -2.25. The Labute approximate surface area is 154 Å². The lowest BCUT2D eigenvalue weighted by atomic mass is 10.1. The average molecular weight is 406 g/mol. The van der Waals surface area contributed by atoms with Crippen molar-refractivity contribution in [3.63, 3.8) is 0 Å². The molecule has 0 saturated heterocycles. The molecule has 1 aromatic carbocycles. The zero-order valence-corrected chi connectivity index (χ0v) is 14.1. The van der Waals surface area contributed by atoms with Gasteiger partial charge in [0.2, 0.25) is 0 Å². The summed E-state index contributed by atoms with van der Waals surface area (Å²) in [6.45, 7) is 0.168. The van der Waals surface area contributed by atoms with Crippen LogP contribution >= 0.6 is 0 Å². The number of rotatable bonds is 3. The molecule has 1 amide bonds. The molecule has 1 aromatic heterocycles. The van der Waals surface area contributed by atoms with Gasteiger partial charge in [0.1, 0.15) is 11.3 Å². The summed E-state index contributed by atoms with van der Waals surface area (Å²) < 4.78 is 92.1. The number of hydrogen-bond acceptors (Lipinski definition) is 1. The number of carbonyl (C=O) groups is 1. The van der Waals surface area contributed by atoms with E-state index < -0.39 is 40.8 Å². The molecule has 3 nitrogen and oxygen atoms in total. The van der Waals surface area contributed by atoms with Gasteiger partial charge in [0.25, 0.3) is 5.91 Å². The van der Waals surface area contributed by atoms with Gasteiger partial charge in [0.15, 0.2) is 0 Å². The smallest absolute Gasteiger partial charge is 0.332 e. The van der Waals surface area contributed by atoms with Crippen molar-refractivity contribution >= 4 is 5.91 Å². The molecule has 3 rings (SSSR count). The van der Waals surface area contributed by atoms with Crippen molar-refractivity contribution in [3.05, 3.63) is 64.5 Å². The molecule has 150 valence electrons. The van der Waals surface area contributed by atoms with E-state index in [-0.39, 0.29) is 18.0 Å². The highest BCUT2D eigenvalue weighted by molar-refractivity contribution is 5.95. The molecule has 1 fully saturated rings. The molecule has 0 radical (unpaired) electrons. The summed E-state index contributed by atoms with van der Waals surface area (Å²) in [6, 6.07) is 2.96. The minimum absolute atomic E-state index is 0.128. The Morgan fingerprint density at radius 2 is 1.61 bits per heavy atom. The number of halogens is 7. The Kier molecular flexibility index (Phi) is 5.07. The number of alkyl halides is 6. The van der Waals surface area contributed by atoms with Crippen LogP contribution in [0, 0.1) is 11.7 Å². The fourth-order valence-corrected chi connectivity index (χ4v) is 2.56. The molecule has 0 bridgehead atoms. The Morgan fingerprint density at radius 3 is 2.18 bits per heavy atom. The average Bonchev–Trinajstić information content (AvgIpc) is 3.38. The van der Waals surface area contributed by atoms with Crippen molar-refractivity contribution in [2.45, 2.75) is 31.7 Å². The molecule has 1 aliphatic rings. The molecule has 1 aliphatic carbocycles. The monoisotopic (exact) mass is 406 g/mol. The second kappa shape index (κ2) is 7.06. The minimum Gasteiger partial charge on any atom is -0.332 e. The van der Waals surface area contributed by atoms with Gasteiger partial charge in [-0.15, -0.1) is 0 Å². The van der Waals surface area contributed by atoms with E-state index >= 15 is 0 Å². The van der Waals surface area contributed by atoms with E-state index in [1.165, 1.54) is 0 Å². The number of benzene rings is 1. The summed E-state index contributed by atoms with van der Waals surface area (Å²) in [5.41, 5.74) is -3.29. The molecule has 1 heterocycles. The maximum atomic E-state index is 13.8. The molecule has 2 aromatic rings. The summed E-state index contributed by atoms with van der Waals surface area (Å²) in [5.74, 6) is -2.39. The van der Waals surface area contributed by atoms with E-state index in [9.17, 15) is 35.5 Å². The maximum absolute atomic E-state index is 13.8. The number of amides is 1. The Bertz CT molecular complexity index is 969. The largest absolute Gasteiger partial charge is 0.417 e. The van der Waals surface area contributed by atoms with Gasteiger partial charge in [-0.1, -0.05) is 0 Å². The number of carbonyl (C=O) groups excluding carboxylic acids is 1. The Hall–Kier alpha value is -2.65. The normalized spacial score (nSPS) is 15.8. The maximum Gasteiger partial charge on any atom is 0.417 e. The summed E-state index contributed by atoms with van der Waals surface area (Å²) >= 11 is 0. The van der Waals surface area contributed by atoms with E-state index in [1.807, 2.05) is 0 Å². The van der Waals surface area contributed by atoms with Crippen LogP contribution < -0.4 is 5.49 Å². The third-order valence-electron chi connectivity index (χ3n) is 4.22. The number of nitrogens with zero attached hydrogens (tertiary/aromatic N) is 2. The molecular weight excluding hydrogens is 393 g/mol. The summed E-state index contributed by atoms with van der Waals surface area (Å²) in [7, 11) is 0. The fraction of sp³-hybridized carbons (Fsp3) is 0.333. The predicted octanol–water partition coefficient (Wildman–Crippen LogP) is 4.82. The summed E-state index contributed by atoms with van der Waals surface area (Å²) in [4.78, 5) is 15.8. The van der Waals surface area contributed by atoms with Crippen molar-refractivity contribution in [1.82, 2.24) is 4.57 Å². The van der Waals surface area contributed by atoms with Gasteiger partial charge in [0, 0.05) is 12.7 Å². The highest BCUT2D eigenvalue weighted by atomic mass is 19.4. The zero-order valence-electron chi connectivity index (χ0n) is 14.1. The van der Waals surface area contributed by atoms with Crippen molar-refractivity contribution in [2.24, 2.45) is 10.9 Å². The molecule has 0 N–H and O–H groups in total. The molecule has 0 atom stereocenters. The lowest BCUT2D eigenvalue weighted by Gasteiger charge is -2.12. The Morgan fingerprint density at radius 1 is 1.00 bits per heavy atom. The zero-order chi connectivity index (χ0) is 20.7. The van der Waals surface area contributed by atoms with E-state index in [4.69, 9.17) is 0 Å². The van der Waals surface area contributed by atoms with Crippen LogP contribution in [0.4, 0.5) is 30.7 Å². The van der Waals surface area contributed by atoms with Gasteiger partial charge in [-0.05, 0) is 49.1 Å². The van der Waals surface area contributed by atoms with Crippen molar-refractivity contribution < 1.29 is 35.5 Å². The number of hydrogen-bond donors (Lipinski definition) is 0. The highest BCUT2D eigenvalue weighted by Crippen LogP contribution is 2.32. The third-order valence-corrected chi connectivity index (χ3v) is 4.22. The van der Waals surface area contributed by atoms with Gasteiger partial charge < -0.3 is 4.57 Å². The van der Waals surface area contributed by atoms with E-state index in [0.29, 0.717) is 24.3 Å². The SMILES string of the molecule is O=C(N=c1ccc(C(F)(F)F)cn1CC1CC1)c1cc(C(F)(F)F)ccc1F. The molecule has 1 saturated carbocycles. The minimum atomic E-state index is -4.79. The predicted molar refractivity (Wildman–Crippen MR) is 83.5 cm³/mol. The number of pyridine rings is 1. The van der Waals surface area contributed by atoms with Crippen molar-refractivity contribution in [3.8, 4) is 0 Å². The molecule has 0 aliphatic heterocycles. The van der Waals surface area contributed by atoms with Gasteiger partial charge >= 0.3 is 12.4 Å². The van der Waals surface area contributed by atoms with Crippen LogP contribution in [0.25, 0.3) is 0 Å². The Balaban J connectivity index is 2.04. The van der Waals surface area contributed by atoms with E-state index in [2.05, 4.69) is 4.99 Å².